The molecule has 2 saturated heterocycles. The number of rotatable bonds is 5. The third-order valence-corrected chi connectivity index (χ3v) is 9.12. The van der Waals surface area contributed by atoms with Crippen LogP contribution in [0.1, 0.15) is 58.4 Å². The van der Waals surface area contributed by atoms with Crippen molar-refractivity contribution in [3.63, 3.8) is 0 Å². The average Bonchev–Trinajstić information content (AvgIpc) is 2.87. The van der Waals surface area contributed by atoms with Gasteiger partial charge in [-0.2, -0.15) is 4.21 Å². The Hall–Kier alpha value is -2.62. The Morgan fingerprint density at radius 2 is 1.76 bits per heavy atom. The normalized spacial score (nSPS) is 22.5. The molecular formula is C28H40FN2O6S+. The second kappa shape index (κ2) is 11.6. The van der Waals surface area contributed by atoms with Crippen LogP contribution in [0.3, 0.4) is 0 Å². The van der Waals surface area contributed by atoms with Crippen LogP contribution in [0.15, 0.2) is 24.3 Å². The number of allylic oxidation sites excluding steroid dienone is 2. The first-order valence-corrected chi connectivity index (χ1v) is 15.4. The molecule has 210 valence electrons. The van der Waals surface area contributed by atoms with E-state index in [1.165, 1.54) is 6.07 Å². The molecule has 3 aliphatic rings. The molecule has 38 heavy (non-hydrogen) atoms. The van der Waals surface area contributed by atoms with Gasteiger partial charge in [-0.25, -0.2) is 13.4 Å². The van der Waals surface area contributed by atoms with Gasteiger partial charge >= 0.3 is 6.09 Å². The Bertz CT molecular complexity index is 1150. The van der Waals surface area contributed by atoms with E-state index in [1.807, 2.05) is 32.9 Å². The fourth-order valence-corrected chi connectivity index (χ4v) is 6.37. The van der Waals surface area contributed by atoms with Crippen LogP contribution in [0.25, 0.3) is 5.57 Å². The van der Waals surface area contributed by atoms with Gasteiger partial charge in [0.05, 0.1) is 6.61 Å². The van der Waals surface area contributed by atoms with Gasteiger partial charge < -0.3 is 19.3 Å². The summed E-state index contributed by atoms with van der Waals surface area (Å²) in [5.74, 6) is 0.249. The number of likely N-dealkylation sites (tertiary alicyclic amines) is 1. The zero-order chi connectivity index (χ0) is 27.5. The topological polar surface area (TPSA) is 97.6 Å². The van der Waals surface area contributed by atoms with Crippen molar-refractivity contribution in [3.8, 4) is 5.75 Å². The molecule has 1 aromatic rings. The van der Waals surface area contributed by atoms with Crippen LogP contribution in [0.4, 0.5) is 9.18 Å². The Kier molecular flexibility index (Phi) is 8.69. The number of carbonyl (C=O) groups excluding carboxylic acids is 2. The monoisotopic (exact) mass is 551 g/mol. The fourth-order valence-electron chi connectivity index (χ4n) is 5.15. The quantitative estimate of drug-likeness (QED) is 0.504. The minimum atomic E-state index is -2.77. The van der Waals surface area contributed by atoms with E-state index in [0.29, 0.717) is 52.0 Å². The fraction of sp³-hybridized carbons (Fsp3) is 0.643. The van der Waals surface area contributed by atoms with E-state index in [4.69, 9.17) is 9.47 Å². The number of piperidine rings is 1. The molecule has 0 spiro atoms. The molecule has 8 nitrogen and oxygen atoms in total. The van der Waals surface area contributed by atoms with Gasteiger partial charge in [-0.15, -0.1) is 0 Å². The predicted octanol–water partition coefficient (Wildman–Crippen LogP) is 4.45. The lowest BCUT2D eigenvalue weighted by Crippen LogP contribution is -2.46. The molecule has 0 aromatic heterocycles. The van der Waals surface area contributed by atoms with Crippen molar-refractivity contribution in [3.05, 3.63) is 35.7 Å². The van der Waals surface area contributed by atoms with Crippen LogP contribution in [-0.4, -0.2) is 80.1 Å². The number of hydrogen-bond acceptors (Lipinski definition) is 5. The van der Waals surface area contributed by atoms with Crippen LogP contribution < -0.4 is 4.74 Å². The van der Waals surface area contributed by atoms with E-state index in [0.717, 1.165) is 24.0 Å². The Balaban J connectivity index is 1.25. The molecule has 1 atom stereocenters. The summed E-state index contributed by atoms with van der Waals surface area (Å²) in [6.45, 7) is 7.81. The Morgan fingerprint density at radius 1 is 1.08 bits per heavy atom. The maximum Gasteiger partial charge on any atom is 0.410 e. The molecule has 1 aliphatic carbocycles. The predicted molar refractivity (Wildman–Crippen MR) is 144 cm³/mol. The van der Waals surface area contributed by atoms with E-state index < -0.39 is 21.3 Å². The van der Waals surface area contributed by atoms with Crippen LogP contribution >= 0.6 is 0 Å². The van der Waals surface area contributed by atoms with Gasteiger partial charge in [0.2, 0.25) is 5.91 Å². The van der Waals surface area contributed by atoms with Crippen LogP contribution in [0.5, 0.6) is 5.75 Å². The zero-order valence-electron chi connectivity index (χ0n) is 22.6. The van der Waals surface area contributed by atoms with E-state index in [2.05, 4.69) is 0 Å². The van der Waals surface area contributed by atoms with Crippen LogP contribution in [-0.2, 0) is 19.4 Å². The second-order valence-corrected chi connectivity index (χ2v) is 13.9. The second-order valence-electron chi connectivity index (χ2n) is 11.6. The molecule has 2 amide bonds. The van der Waals surface area contributed by atoms with Gasteiger partial charge in [0.25, 0.3) is 9.84 Å². The van der Waals surface area contributed by atoms with Crippen molar-refractivity contribution in [1.29, 1.82) is 0 Å². The van der Waals surface area contributed by atoms with Gasteiger partial charge in [0, 0.05) is 32.1 Å². The first-order valence-electron chi connectivity index (χ1n) is 13.5. The zero-order valence-corrected chi connectivity index (χ0v) is 23.4. The average molecular weight is 552 g/mol. The molecule has 1 aromatic carbocycles. The summed E-state index contributed by atoms with van der Waals surface area (Å²) >= 11 is 0. The molecule has 2 fully saturated rings. The standard InChI is InChI=1S/C28H39FN2O6S/c1-28(2,3)37-27(33)31-12-10-20(11-13-31)19-36-25-9-8-23(18-24(25)29)21-4-6-22(7-5-21)26(32)30-14-16-38(34,35)17-15-30/h4,8-9,18,20,22H,5-7,10-17,19H2,1-3H3/p+1. The third-order valence-electron chi connectivity index (χ3n) is 7.48. The van der Waals surface area contributed by atoms with E-state index in [9.17, 15) is 22.4 Å². The largest absolute Gasteiger partial charge is 0.490 e. The first-order chi connectivity index (χ1) is 17.9. The molecular weight excluding hydrogens is 511 g/mol. The lowest BCUT2D eigenvalue weighted by molar-refractivity contribution is -0.135. The molecule has 0 radical (unpaired) electrons. The Morgan fingerprint density at radius 3 is 2.34 bits per heavy atom. The third kappa shape index (κ3) is 7.48. The van der Waals surface area contributed by atoms with Gasteiger partial charge in [-0.1, -0.05) is 12.1 Å². The highest BCUT2D eigenvalue weighted by atomic mass is 32.2. The van der Waals surface area contributed by atoms with Gasteiger partial charge in [0.1, 0.15) is 17.1 Å². The minimum absolute atomic E-state index is 0.0436. The molecule has 2 aliphatic heterocycles. The summed E-state index contributed by atoms with van der Waals surface area (Å²) in [6.07, 6.45) is 5.22. The summed E-state index contributed by atoms with van der Waals surface area (Å²) in [5.41, 5.74) is 1.30. The molecule has 0 bridgehead atoms. The number of amides is 2. The maximum absolute atomic E-state index is 14.9. The number of ether oxygens (including phenoxy) is 2. The van der Waals surface area contributed by atoms with Gasteiger partial charge in [-0.3, -0.25) is 4.79 Å². The van der Waals surface area contributed by atoms with Gasteiger partial charge in [0.15, 0.2) is 11.6 Å². The number of halogens is 1. The summed E-state index contributed by atoms with van der Waals surface area (Å²) in [5, 5.41) is 0. The molecule has 1 unspecified atom stereocenters. The van der Waals surface area contributed by atoms with Crippen LogP contribution in [0, 0.1) is 17.7 Å². The Labute approximate surface area is 225 Å². The smallest absolute Gasteiger partial charge is 0.410 e. The highest BCUT2D eigenvalue weighted by Crippen LogP contribution is 2.33. The van der Waals surface area contributed by atoms with Crippen LogP contribution in [0.2, 0.25) is 0 Å². The van der Waals surface area contributed by atoms with E-state index in [1.54, 1.807) is 15.9 Å². The lowest BCUT2D eigenvalue weighted by atomic mass is 9.85. The van der Waals surface area contributed by atoms with Crippen molar-refractivity contribution >= 4 is 27.4 Å². The minimum Gasteiger partial charge on any atom is -0.490 e. The van der Waals surface area contributed by atoms with Crippen molar-refractivity contribution in [2.24, 2.45) is 11.8 Å². The highest BCUT2D eigenvalue weighted by Gasteiger charge is 2.33. The molecule has 1 N–H and O–H groups in total. The van der Waals surface area contributed by atoms with E-state index >= 15 is 0 Å². The number of benzene rings is 1. The SMILES string of the molecule is CC(C)(C)OC(=O)N1CCC(COc2ccc(C3=CCC(C(=O)N4CCS(=O)(=[OH+])CC4)CC3)cc2F)CC1. The molecule has 2 heterocycles. The molecule has 10 heteroatoms. The first kappa shape index (κ1) is 28.4. The van der Waals surface area contributed by atoms with E-state index in [-0.39, 0.29) is 41.1 Å². The summed E-state index contributed by atoms with van der Waals surface area (Å²) in [6, 6.07) is 5.02. The highest BCUT2D eigenvalue weighted by molar-refractivity contribution is 7.91. The van der Waals surface area contributed by atoms with Crippen molar-refractivity contribution in [1.82, 2.24) is 9.80 Å². The van der Waals surface area contributed by atoms with Crippen molar-refractivity contribution in [2.45, 2.75) is 58.5 Å². The number of hydrogen-bond donors (Lipinski definition) is 0. The van der Waals surface area contributed by atoms with Crippen molar-refractivity contribution < 1.29 is 31.9 Å². The number of nitrogens with zero attached hydrogens (tertiary/aromatic N) is 2. The molecule has 0 saturated carbocycles. The van der Waals surface area contributed by atoms with Gasteiger partial charge in [-0.05, 0) is 82.1 Å². The summed E-state index contributed by atoms with van der Waals surface area (Å²) in [4.78, 5) is 28.5. The van der Waals surface area contributed by atoms with Crippen molar-refractivity contribution in [2.75, 3.05) is 44.3 Å². The number of carbonyl (C=O) groups is 2. The summed E-state index contributed by atoms with van der Waals surface area (Å²) in [7, 11) is -2.77. The molecule has 4 rings (SSSR count). The summed E-state index contributed by atoms with van der Waals surface area (Å²) < 4.78 is 47.5. The maximum atomic E-state index is 14.9. The lowest BCUT2D eigenvalue weighted by Gasteiger charge is -2.33.